The Morgan fingerprint density at radius 2 is 2.00 bits per heavy atom. The average Bonchev–Trinajstić information content (AvgIpc) is 2.38. The predicted octanol–water partition coefficient (Wildman–Crippen LogP) is 3.48. The second kappa shape index (κ2) is 5.92. The van der Waals surface area contributed by atoms with Gasteiger partial charge in [-0.2, -0.15) is 0 Å². The lowest BCUT2D eigenvalue weighted by molar-refractivity contribution is 0.571. The zero-order chi connectivity index (χ0) is 13.8. The van der Waals surface area contributed by atoms with Crippen LogP contribution in [0.3, 0.4) is 0 Å². The van der Waals surface area contributed by atoms with Crippen LogP contribution in [0.15, 0.2) is 34.3 Å². The van der Waals surface area contributed by atoms with Gasteiger partial charge >= 0.3 is 0 Å². The molecule has 0 aliphatic rings. The molecule has 1 heterocycles. The summed E-state index contributed by atoms with van der Waals surface area (Å²) < 4.78 is 40.0. The summed E-state index contributed by atoms with van der Waals surface area (Å²) in [4.78, 5) is 7.61. The molecular formula is C12H10F3N3S. The van der Waals surface area contributed by atoms with Crippen molar-refractivity contribution in [2.75, 3.05) is 11.9 Å². The fraction of sp³-hybridized carbons (Fsp3) is 0.167. The van der Waals surface area contributed by atoms with Gasteiger partial charge in [0, 0.05) is 6.54 Å². The minimum Gasteiger partial charge on any atom is -0.354 e. The molecule has 0 radical (unpaired) electrons. The lowest BCUT2D eigenvalue weighted by atomic mass is 10.3. The van der Waals surface area contributed by atoms with E-state index < -0.39 is 17.5 Å². The molecule has 1 N–H and O–H groups in total. The van der Waals surface area contributed by atoms with Crippen molar-refractivity contribution in [2.24, 2.45) is 0 Å². The van der Waals surface area contributed by atoms with E-state index in [0.717, 1.165) is 24.4 Å². The third-order valence-electron chi connectivity index (χ3n) is 2.15. The number of nitrogens with zero attached hydrogens (tertiary/aromatic N) is 2. The lowest BCUT2D eigenvalue weighted by Crippen LogP contribution is -2.03. The van der Waals surface area contributed by atoms with Crippen molar-refractivity contribution in [3.8, 4) is 0 Å². The number of aromatic nitrogens is 2. The molecular weight excluding hydrogens is 275 g/mol. The van der Waals surface area contributed by atoms with Crippen LogP contribution in [0.2, 0.25) is 0 Å². The average molecular weight is 285 g/mol. The SMILES string of the molecule is CCNc1ncc(F)c(Sc2cc(F)ccc2F)n1. The minimum absolute atomic E-state index is 0.0277. The highest BCUT2D eigenvalue weighted by atomic mass is 32.2. The molecule has 19 heavy (non-hydrogen) atoms. The Bertz CT molecular complexity index is 592. The summed E-state index contributed by atoms with van der Waals surface area (Å²) in [7, 11) is 0. The largest absolute Gasteiger partial charge is 0.354 e. The standard InChI is InChI=1S/C12H10F3N3S/c1-2-16-12-17-6-9(15)11(18-12)19-10-5-7(13)3-4-8(10)14/h3-6H,2H2,1H3,(H,16,17,18). The van der Waals surface area contributed by atoms with Crippen LogP contribution in [-0.2, 0) is 0 Å². The van der Waals surface area contributed by atoms with E-state index in [0.29, 0.717) is 18.3 Å². The molecule has 0 saturated carbocycles. The van der Waals surface area contributed by atoms with Gasteiger partial charge in [0.15, 0.2) is 5.82 Å². The zero-order valence-electron chi connectivity index (χ0n) is 9.95. The highest BCUT2D eigenvalue weighted by Gasteiger charge is 2.12. The van der Waals surface area contributed by atoms with Gasteiger partial charge in [0.25, 0.3) is 0 Å². The van der Waals surface area contributed by atoms with Crippen LogP contribution in [0.5, 0.6) is 0 Å². The maximum atomic E-state index is 13.5. The molecule has 1 aromatic carbocycles. The van der Waals surface area contributed by atoms with Crippen LogP contribution in [0.25, 0.3) is 0 Å². The van der Waals surface area contributed by atoms with Crippen molar-refractivity contribution >= 4 is 17.7 Å². The third kappa shape index (κ3) is 3.37. The summed E-state index contributed by atoms with van der Waals surface area (Å²) in [6.07, 6.45) is 0.991. The van der Waals surface area contributed by atoms with E-state index in [-0.39, 0.29) is 15.9 Å². The van der Waals surface area contributed by atoms with Gasteiger partial charge in [0.2, 0.25) is 5.95 Å². The molecule has 1 aromatic heterocycles. The molecule has 0 saturated heterocycles. The molecule has 0 atom stereocenters. The Morgan fingerprint density at radius 1 is 1.21 bits per heavy atom. The number of anilines is 1. The molecule has 0 fully saturated rings. The molecule has 7 heteroatoms. The molecule has 100 valence electrons. The summed E-state index contributed by atoms with van der Waals surface area (Å²) in [5.74, 6) is -1.67. The summed E-state index contributed by atoms with van der Waals surface area (Å²) in [6, 6.07) is 2.98. The summed E-state index contributed by atoms with van der Waals surface area (Å²) >= 11 is 0.714. The Morgan fingerprint density at radius 3 is 2.74 bits per heavy atom. The fourth-order valence-corrected chi connectivity index (χ4v) is 2.15. The highest BCUT2D eigenvalue weighted by molar-refractivity contribution is 7.99. The minimum atomic E-state index is -0.685. The number of benzene rings is 1. The van der Waals surface area contributed by atoms with Gasteiger partial charge in [-0.1, -0.05) is 11.8 Å². The molecule has 0 aliphatic carbocycles. The first-order valence-corrected chi connectivity index (χ1v) is 6.31. The van der Waals surface area contributed by atoms with Crippen LogP contribution < -0.4 is 5.32 Å². The number of nitrogens with one attached hydrogen (secondary N) is 1. The van der Waals surface area contributed by atoms with E-state index in [2.05, 4.69) is 15.3 Å². The van der Waals surface area contributed by atoms with Crippen LogP contribution in [0, 0.1) is 17.5 Å². The first-order chi connectivity index (χ1) is 9.10. The van der Waals surface area contributed by atoms with Crippen molar-refractivity contribution in [1.82, 2.24) is 9.97 Å². The monoisotopic (exact) mass is 285 g/mol. The van der Waals surface area contributed by atoms with Crippen molar-refractivity contribution in [2.45, 2.75) is 16.8 Å². The quantitative estimate of drug-likeness (QED) is 0.873. The number of halogens is 3. The molecule has 2 rings (SSSR count). The summed E-state index contributed by atoms with van der Waals surface area (Å²) in [6.45, 7) is 2.41. The Hall–Kier alpha value is -1.76. The maximum absolute atomic E-state index is 13.5. The van der Waals surface area contributed by atoms with Gasteiger partial charge in [-0.25, -0.2) is 23.1 Å². The lowest BCUT2D eigenvalue weighted by Gasteiger charge is -2.06. The van der Waals surface area contributed by atoms with Crippen LogP contribution in [-0.4, -0.2) is 16.5 Å². The van der Waals surface area contributed by atoms with E-state index >= 15 is 0 Å². The Kier molecular flexibility index (Phi) is 4.26. The van der Waals surface area contributed by atoms with E-state index in [4.69, 9.17) is 0 Å². The second-order valence-electron chi connectivity index (χ2n) is 3.55. The molecule has 0 unspecified atom stereocenters. The van der Waals surface area contributed by atoms with Crippen molar-refractivity contribution < 1.29 is 13.2 Å². The third-order valence-corrected chi connectivity index (χ3v) is 3.16. The van der Waals surface area contributed by atoms with Crippen LogP contribution in [0.1, 0.15) is 6.92 Å². The summed E-state index contributed by atoms with van der Waals surface area (Å²) in [5.41, 5.74) is 0. The van der Waals surface area contributed by atoms with Crippen molar-refractivity contribution in [1.29, 1.82) is 0 Å². The Balaban J connectivity index is 2.31. The molecule has 0 spiro atoms. The number of rotatable bonds is 4. The fourth-order valence-electron chi connectivity index (χ4n) is 1.33. The van der Waals surface area contributed by atoms with Gasteiger partial charge < -0.3 is 5.32 Å². The van der Waals surface area contributed by atoms with Gasteiger partial charge in [-0.05, 0) is 25.1 Å². The van der Waals surface area contributed by atoms with Gasteiger partial charge in [-0.3, -0.25) is 0 Å². The Labute approximate surface area is 112 Å². The number of hydrogen-bond donors (Lipinski definition) is 1. The van der Waals surface area contributed by atoms with Crippen molar-refractivity contribution in [3.63, 3.8) is 0 Å². The first-order valence-electron chi connectivity index (χ1n) is 5.49. The maximum Gasteiger partial charge on any atom is 0.223 e. The van der Waals surface area contributed by atoms with Crippen LogP contribution in [0.4, 0.5) is 19.1 Å². The van der Waals surface area contributed by atoms with E-state index in [1.54, 1.807) is 0 Å². The van der Waals surface area contributed by atoms with Gasteiger partial charge in [0.05, 0.1) is 11.1 Å². The van der Waals surface area contributed by atoms with E-state index in [1.165, 1.54) is 0 Å². The van der Waals surface area contributed by atoms with Gasteiger partial charge in [-0.15, -0.1) is 0 Å². The van der Waals surface area contributed by atoms with E-state index in [9.17, 15) is 13.2 Å². The molecule has 0 amide bonds. The highest BCUT2D eigenvalue weighted by Crippen LogP contribution is 2.30. The summed E-state index contributed by atoms with van der Waals surface area (Å²) in [5, 5.41) is 2.76. The molecule has 3 nitrogen and oxygen atoms in total. The number of hydrogen-bond acceptors (Lipinski definition) is 4. The smallest absolute Gasteiger partial charge is 0.223 e. The van der Waals surface area contributed by atoms with Gasteiger partial charge in [0.1, 0.15) is 16.7 Å². The van der Waals surface area contributed by atoms with Crippen LogP contribution >= 0.6 is 11.8 Å². The zero-order valence-corrected chi connectivity index (χ0v) is 10.8. The first kappa shape index (κ1) is 13.7. The van der Waals surface area contributed by atoms with E-state index in [1.807, 2.05) is 6.92 Å². The predicted molar refractivity (Wildman–Crippen MR) is 66.6 cm³/mol. The molecule has 0 bridgehead atoms. The molecule has 2 aromatic rings. The topological polar surface area (TPSA) is 37.8 Å². The molecule has 0 aliphatic heterocycles. The second-order valence-corrected chi connectivity index (χ2v) is 4.58. The van der Waals surface area contributed by atoms with Crippen molar-refractivity contribution in [3.05, 3.63) is 41.8 Å². The normalized spacial score (nSPS) is 10.5.